The number of phenols is 1. The molecule has 0 spiro atoms. The Balaban J connectivity index is 0.00000218. The van der Waals surface area contributed by atoms with Crippen molar-refractivity contribution in [3.8, 4) is 17.0 Å². The Bertz CT molecular complexity index is 1030. The molecule has 3 aromatic rings. The zero-order valence-electron chi connectivity index (χ0n) is 17.2. The molecule has 3 fully saturated rings. The van der Waals surface area contributed by atoms with E-state index in [0.29, 0.717) is 5.92 Å². The molecule has 0 aliphatic carbocycles. The van der Waals surface area contributed by atoms with E-state index < -0.39 is 6.10 Å². The predicted octanol–water partition coefficient (Wildman–Crippen LogP) is 5.18. The molecule has 0 radical (unpaired) electrons. The van der Waals surface area contributed by atoms with Crippen molar-refractivity contribution in [3.05, 3.63) is 60.2 Å². The van der Waals surface area contributed by atoms with E-state index in [1.807, 2.05) is 42.5 Å². The molecule has 158 valence electrons. The summed E-state index contributed by atoms with van der Waals surface area (Å²) in [6.45, 7) is 4.44. The number of nitrogens with zero attached hydrogens (tertiary/aromatic N) is 2. The number of pyridine rings is 1. The fraction of sp³-hybridized carbons (Fsp3) is 0.400. The van der Waals surface area contributed by atoms with E-state index in [2.05, 4.69) is 11.8 Å². The number of phenolic OH excluding ortho intramolecular Hbond substituents is 1. The number of aromatic hydroxyl groups is 1. The van der Waals surface area contributed by atoms with Gasteiger partial charge in [-0.3, -0.25) is 4.90 Å². The largest absolute Gasteiger partial charge is 0.508 e. The Morgan fingerprint density at radius 2 is 1.93 bits per heavy atom. The second-order valence-electron chi connectivity index (χ2n) is 8.62. The number of aliphatic hydroxyl groups is 1. The summed E-state index contributed by atoms with van der Waals surface area (Å²) < 4.78 is 0. The second kappa shape index (κ2) is 8.54. The van der Waals surface area contributed by atoms with E-state index in [1.165, 1.54) is 12.8 Å². The van der Waals surface area contributed by atoms with Crippen molar-refractivity contribution in [1.82, 2.24) is 9.88 Å². The molecule has 3 aliphatic heterocycles. The fourth-order valence-corrected chi connectivity index (χ4v) is 5.42. The number of hydrogen-bond donors (Lipinski definition) is 2. The van der Waals surface area contributed by atoms with Crippen LogP contribution in [-0.4, -0.2) is 39.2 Å². The van der Waals surface area contributed by atoms with Gasteiger partial charge in [0.05, 0.1) is 17.3 Å². The number of halogens is 1. The van der Waals surface area contributed by atoms with Crippen LogP contribution in [0.1, 0.15) is 37.9 Å². The molecule has 6 rings (SSSR count). The molecule has 2 aromatic carbocycles. The van der Waals surface area contributed by atoms with Gasteiger partial charge in [-0.1, -0.05) is 43.7 Å². The van der Waals surface area contributed by atoms with Gasteiger partial charge in [0.15, 0.2) is 0 Å². The number of hydrogen-bond acceptors (Lipinski definition) is 4. The number of aliphatic hydroxyl groups excluding tert-OH is 1. The number of rotatable bonds is 4. The molecule has 5 atom stereocenters. The smallest absolute Gasteiger partial charge is 0.116 e. The SMILES string of the molecule is CC[C@H]1CN2CC[C@@H]1C[C@H]2[C@H](O)c1cc(-c2ccccc2)nc2ccc(O)cc12.Cl. The van der Waals surface area contributed by atoms with Crippen LogP contribution in [0.25, 0.3) is 22.2 Å². The van der Waals surface area contributed by atoms with Gasteiger partial charge >= 0.3 is 0 Å². The highest BCUT2D eigenvalue weighted by molar-refractivity contribution is 5.87. The molecule has 30 heavy (non-hydrogen) atoms. The molecule has 1 unspecified atom stereocenters. The second-order valence-corrected chi connectivity index (χ2v) is 8.62. The maximum Gasteiger partial charge on any atom is 0.116 e. The average molecular weight is 425 g/mol. The Hall–Kier alpha value is -2.14. The van der Waals surface area contributed by atoms with Gasteiger partial charge in [-0.2, -0.15) is 0 Å². The van der Waals surface area contributed by atoms with Crippen LogP contribution in [0.4, 0.5) is 0 Å². The highest BCUT2D eigenvalue weighted by atomic mass is 35.5. The lowest BCUT2D eigenvalue weighted by atomic mass is 9.72. The summed E-state index contributed by atoms with van der Waals surface area (Å²) in [5.41, 5.74) is 3.57. The molecule has 1 aromatic heterocycles. The first-order valence-corrected chi connectivity index (χ1v) is 10.7. The first kappa shape index (κ1) is 21.1. The van der Waals surface area contributed by atoms with Crippen molar-refractivity contribution in [3.63, 3.8) is 0 Å². The summed E-state index contributed by atoms with van der Waals surface area (Å²) in [5, 5.41) is 22.5. The Morgan fingerprint density at radius 1 is 1.13 bits per heavy atom. The van der Waals surface area contributed by atoms with E-state index in [1.54, 1.807) is 12.1 Å². The first-order chi connectivity index (χ1) is 14.1. The maximum atomic E-state index is 11.5. The minimum Gasteiger partial charge on any atom is -0.508 e. The van der Waals surface area contributed by atoms with Gasteiger partial charge in [0.25, 0.3) is 0 Å². The summed E-state index contributed by atoms with van der Waals surface area (Å²) >= 11 is 0. The van der Waals surface area contributed by atoms with Crippen LogP contribution in [-0.2, 0) is 0 Å². The van der Waals surface area contributed by atoms with E-state index in [0.717, 1.165) is 53.2 Å². The van der Waals surface area contributed by atoms with Crippen molar-refractivity contribution in [1.29, 1.82) is 0 Å². The lowest BCUT2D eigenvalue weighted by molar-refractivity contribution is -0.0562. The topological polar surface area (TPSA) is 56.6 Å². The zero-order chi connectivity index (χ0) is 20.0. The van der Waals surface area contributed by atoms with Gasteiger partial charge in [-0.05, 0) is 61.1 Å². The van der Waals surface area contributed by atoms with E-state index in [4.69, 9.17) is 4.98 Å². The third-order valence-corrected chi connectivity index (χ3v) is 7.04. The van der Waals surface area contributed by atoms with Crippen LogP contribution in [0.2, 0.25) is 0 Å². The van der Waals surface area contributed by atoms with E-state index in [-0.39, 0.29) is 24.2 Å². The third kappa shape index (κ3) is 3.68. The molecule has 2 bridgehead atoms. The van der Waals surface area contributed by atoms with Gasteiger partial charge in [-0.25, -0.2) is 4.98 Å². The van der Waals surface area contributed by atoms with Crippen molar-refractivity contribution in [2.45, 2.75) is 38.3 Å². The third-order valence-electron chi connectivity index (χ3n) is 7.04. The number of benzene rings is 2. The van der Waals surface area contributed by atoms with Gasteiger partial charge in [0, 0.05) is 23.5 Å². The minimum atomic E-state index is -0.592. The summed E-state index contributed by atoms with van der Waals surface area (Å²) in [4.78, 5) is 7.29. The van der Waals surface area contributed by atoms with Crippen LogP contribution in [0.15, 0.2) is 54.6 Å². The monoisotopic (exact) mass is 424 g/mol. The number of piperidine rings is 3. The van der Waals surface area contributed by atoms with Crippen molar-refractivity contribution in [2.75, 3.05) is 13.1 Å². The first-order valence-electron chi connectivity index (χ1n) is 10.7. The molecule has 4 nitrogen and oxygen atoms in total. The molecule has 5 heteroatoms. The van der Waals surface area contributed by atoms with Crippen molar-refractivity contribution in [2.24, 2.45) is 11.8 Å². The van der Waals surface area contributed by atoms with Crippen LogP contribution in [0.5, 0.6) is 5.75 Å². The molecule has 2 N–H and O–H groups in total. The standard InChI is InChI=1S/C25H28N2O2.ClH/c1-2-16-15-27-11-10-18(16)12-24(27)25(29)21-14-23(17-6-4-3-5-7-17)26-22-9-8-19(28)13-20(21)22;/h3-9,13-14,16,18,24-25,28-29H,2,10-12,15H2,1H3;1H/t16-,18+,24-,25+;/m0./s1. The van der Waals surface area contributed by atoms with Crippen LogP contribution in [0, 0.1) is 11.8 Å². The number of aromatic nitrogens is 1. The normalized spacial score (nSPS) is 26.3. The van der Waals surface area contributed by atoms with Gasteiger partial charge in [0.2, 0.25) is 0 Å². The Labute approximate surface area is 184 Å². The van der Waals surface area contributed by atoms with Crippen molar-refractivity contribution >= 4 is 23.3 Å². The maximum absolute atomic E-state index is 11.5. The van der Waals surface area contributed by atoms with Gasteiger partial charge in [0.1, 0.15) is 5.75 Å². The predicted molar refractivity (Wildman–Crippen MR) is 123 cm³/mol. The highest BCUT2D eigenvalue weighted by Gasteiger charge is 2.42. The molecule has 0 saturated carbocycles. The van der Waals surface area contributed by atoms with Crippen LogP contribution in [0.3, 0.4) is 0 Å². The zero-order valence-corrected chi connectivity index (χ0v) is 18.1. The summed E-state index contributed by atoms with van der Waals surface area (Å²) in [6.07, 6.45) is 2.91. The van der Waals surface area contributed by atoms with Crippen molar-refractivity contribution < 1.29 is 10.2 Å². The summed E-state index contributed by atoms with van der Waals surface area (Å²) in [7, 11) is 0. The molecule has 3 aliphatic rings. The molecule has 0 amide bonds. The summed E-state index contributed by atoms with van der Waals surface area (Å²) in [6, 6.07) is 17.5. The van der Waals surface area contributed by atoms with E-state index in [9.17, 15) is 10.2 Å². The molecule has 4 heterocycles. The molecule has 3 saturated heterocycles. The average Bonchev–Trinajstić information content (AvgIpc) is 2.78. The lowest BCUT2D eigenvalue weighted by Gasteiger charge is -2.51. The molecular formula is C25H29ClN2O2. The van der Waals surface area contributed by atoms with Crippen LogP contribution >= 0.6 is 12.4 Å². The van der Waals surface area contributed by atoms with Gasteiger partial charge in [-0.15, -0.1) is 12.4 Å². The highest BCUT2D eigenvalue weighted by Crippen LogP contribution is 2.43. The quantitative estimate of drug-likeness (QED) is 0.605. The molecular weight excluding hydrogens is 396 g/mol. The Morgan fingerprint density at radius 3 is 2.63 bits per heavy atom. The number of fused-ring (bicyclic) bond motifs is 4. The minimum absolute atomic E-state index is 0. The van der Waals surface area contributed by atoms with E-state index >= 15 is 0 Å². The lowest BCUT2D eigenvalue weighted by Crippen LogP contribution is -2.55. The van der Waals surface area contributed by atoms with Crippen LogP contribution < -0.4 is 0 Å². The summed E-state index contributed by atoms with van der Waals surface area (Å²) in [5.74, 6) is 1.67. The Kier molecular flexibility index (Phi) is 6.01. The van der Waals surface area contributed by atoms with Gasteiger partial charge < -0.3 is 10.2 Å². The fourth-order valence-electron chi connectivity index (χ4n) is 5.42.